The van der Waals surface area contributed by atoms with Gasteiger partial charge in [-0.25, -0.2) is 4.79 Å². The number of hydrogen-bond acceptors (Lipinski definition) is 3. The van der Waals surface area contributed by atoms with Crippen LogP contribution < -0.4 is 5.69 Å². The van der Waals surface area contributed by atoms with E-state index in [9.17, 15) is 4.79 Å². The molecule has 0 saturated carbocycles. The minimum Gasteiger partial charge on any atom is -0.265 e. The molecule has 3 aromatic rings. The van der Waals surface area contributed by atoms with Crippen LogP contribution in [-0.2, 0) is 18.6 Å². The number of nitrogens with zero attached hydrogens (tertiary/aromatic N) is 2. The molecule has 26 heavy (non-hydrogen) atoms. The van der Waals surface area contributed by atoms with E-state index in [-0.39, 0.29) is 5.69 Å². The van der Waals surface area contributed by atoms with E-state index in [4.69, 9.17) is 11.6 Å². The number of rotatable bonds is 4. The van der Waals surface area contributed by atoms with Gasteiger partial charge in [-0.15, -0.1) is 11.8 Å². The predicted molar refractivity (Wildman–Crippen MR) is 108 cm³/mol. The number of aromatic nitrogens is 2. The van der Waals surface area contributed by atoms with E-state index in [0.29, 0.717) is 0 Å². The largest absolute Gasteiger partial charge is 0.353 e. The van der Waals surface area contributed by atoms with Crippen molar-refractivity contribution in [1.82, 2.24) is 9.55 Å². The maximum Gasteiger partial charge on any atom is 0.353 e. The summed E-state index contributed by atoms with van der Waals surface area (Å²) in [5.41, 5.74) is 5.39. The van der Waals surface area contributed by atoms with Crippen molar-refractivity contribution in [3.8, 4) is 5.69 Å². The predicted octanol–water partition coefficient (Wildman–Crippen LogP) is 4.98. The van der Waals surface area contributed by atoms with Crippen LogP contribution in [-0.4, -0.2) is 9.55 Å². The van der Waals surface area contributed by atoms with Crippen molar-refractivity contribution in [3.05, 3.63) is 86.4 Å². The van der Waals surface area contributed by atoms with Gasteiger partial charge in [-0.05, 0) is 61.6 Å². The summed E-state index contributed by atoms with van der Waals surface area (Å²) >= 11 is 7.59. The first-order valence-corrected chi connectivity index (χ1v) is 10.1. The maximum absolute atomic E-state index is 12.8. The van der Waals surface area contributed by atoms with Crippen LogP contribution in [0.5, 0.6) is 0 Å². The molecule has 0 atom stereocenters. The fraction of sp³-hybridized carbons (Fsp3) is 0.238. The van der Waals surface area contributed by atoms with E-state index in [2.05, 4.69) is 4.98 Å². The van der Waals surface area contributed by atoms with Crippen LogP contribution in [0.2, 0.25) is 5.02 Å². The molecule has 1 heterocycles. The van der Waals surface area contributed by atoms with Crippen LogP contribution in [0.25, 0.3) is 5.69 Å². The zero-order chi connectivity index (χ0) is 18.1. The molecule has 5 heteroatoms. The number of hydrogen-bond donors (Lipinski definition) is 0. The van der Waals surface area contributed by atoms with Gasteiger partial charge in [0.25, 0.3) is 0 Å². The third-order valence-electron chi connectivity index (χ3n) is 4.65. The number of fused-ring (bicyclic) bond motifs is 1. The monoisotopic (exact) mass is 382 g/mol. The second kappa shape index (κ2) is 7.29. The van der Waals surface area contributed by atoms with Crippen LogP contribution in [0.1, 0.15) is 28.8 Å². The van der Waals surface area contributed by atoms with Gasteiger partial charge in [0, 0.05) is 22.0 Å². The molecule has 0 N–H and O–H groups in total. The van der Waals surface area contributed by atoms with E-state index in [0.717, 1.165) is 52.0 Å². The third-order valence-corrected chi connectivity index (χ3v) is 5.99. The smallest absolute Gasteiger partial charge is 0.265 e. The standard InChI is InChI=1S/C21H19ClN2OS/c1-14-4-2-5-17(12-14)24-19-7-3-6-18(19)20(23-21(24)25)26-13-15-8-10-16(22)11-9-15/h2,4-5,8-12H,3,6-7,13H2,1H3. The minimum absolute atomic E-state index is 0.185. The van der Waals surface area contributed by atoms with Gasteiger partial charge in [-0.1, -0.05) is 35.9 Å². The van der Waals surface area contributed by atoms with E-state index in [1.165, 1.54) is 11.1 Å². The van der Waals surface area contributed by atoms with E-state index >= 15 is 0 Å². The molecule has 3 nitrogen and oxygen atoms in total. The first-order valence-electron chi connectivity index (χ1n) is 8.71. The SMILES string of the molecule is Cc1cccc(-n2c3c(c(SCc4ccc(Cl)cc4)nc2=O)CCC3)c1. The number of benzene rings is 2. The molecule has 132 valence electrons. The van der Waals surface area contributed by atoms with Crippen molar-refractivity contribution in [1.29, 1.82) is 0 Å². The zero-order valence-electron chi connectivity index (χ0n) is 14.5. The van der Waals surface area contributed by atoms with Gasteiger partial charge < -0.3 is 0 Å². The lowest BCUT2D eigenvalue weighted by molar-refractivity contribution is 0.802. The van der Waals surface area contributed by atoms with E-state index < -0.39 is 0 Å². The number of halogens is 1. The summed E-state index contributed by atoms with van der Waals surface area (Å²) < 4.78 is 1.79. The van der Waals surface area contributed by atoms with Crippen LogP contribution in [0.3, 0.4) is 0 Å². The van der Waals surface area contributed by atoms with Gasteiger partial charge in [0.2, 0.25) is 0 Å². The molecule has 1 aliphatic rings. The summed E-state index contributed by atoms with van der Waals surface area (Å²) in [5.74, 6) is 0.782. The van der Waals surface area contributed by atoms with Gasteiger partial charge >= 0.3 is 5.69 Å². The molecule has 2 aromatic carbocycles. The Labute approximate surface area is 162 Å². The molecule has 1 aromatic heterocycles. The van der Waals surface area contributed by atoms with Crippen LogP contribution in [0.4, 0.5) is 0 Å². The highest BCUT2D eigenvalue weighted by molar-refractivity contribution is 7.98. The molecule has 1 aliphatic carbocycles. The summed E-state index contributed by atoms with van der Waals surface area (Å²) in [7, 11) is 0. The van der Waals surface area contributed by atoms with Crippen molar-refractivity contribution in [2.75, 3.05) is 0 Å². The van der Waals surface area contributed by atoms with Gasteiger partial charge in [-0.2, -0.15) is 4.98 Å². The lowest BCUT2D eigenvalue weighted by Gasteiger charge is -2.14. The molecule has 0 fully saturated rings. The Kier molecular flexibility index (Phi) is 4.88. The first kappa shape index (κ1) is 17.4. The van der Waals surface area contributed by atoms with Gasteiger partial charge in [-0.3, -0.25) is 4.57 Å². The second-order valence-corrected chi connectivity index (χ2v) is 7.97. The van der Waals surface area contributed by atoms with Crippen molar-refractivity contribution in [3.63, 3.8) is 0 Å². The molecule has 0 radical (unpaired) electrons. The highest BCUT2D eigenvalue weighted by Crippen LogP contribution is 2.32. The fourth-order valence-corrected chi connectivity index (χ4v) is 4.57. The summed E-state index contributed by atoms with van der Waals surface area (Å²) in [6.45, 7) is 2.04. The summed E-state index contributed by atoms with van der Waals surface area (Å²) in [6.07, 6.45) is 2.98. The molecule has 0 amide bonds. The van der Waals surface area contributed by atoms with Gasteiger partial charge in [0.1, 0.15) is 5.03 Å². The fourth-order valence-electron chi connectivity index (χ4n) is 3.41. The molecule has 0 bridgehead atoms. The van der Waals surface area contributed by atoms with Crippen molar-refractivity contribution in [2.45, 2.75) is 37.0 Å². The Morgan fingerprint density at radius 2 is 1.96 bits per heavy atom. The van der Waals surface area contributed by atoms with E-state index in [1.807, 2.05) is 55.5 Å². The summed E-state index contributed by atoms with van der Waals surface area (Å²) in [5, 5.41) is 1.61. The van der Waals surface area contributed by atoms with Crippen LogP contribution in [0.15, 0.2) is 58.4 Å². The zero-order valence-corrected chi connectivity index (χ0v) is 16.1. The van der Waals surface area contributed by atoms with E-state index in [1.54, 1.807) is 16.3 Å². The Morgan fingerprint density at radius 1 is 1.15 bits per heavy atom. The molecular formula is C21H19ClN2OS. The minimum atomic E-state index is -0.185. The van der Waals surface area contributed by atoms with Crippen molar-refractivity contribution < 1.29 is 0 Å². The maximum atomic E-state index is 12.8. The molecule has 0 saturated heterocycles. The van der Waals surface area contributed by atoms with Crippen molar-refractivity contribution >= 4 is 23.4 Å². The highest BCUT2D eigenvalue weighted by atomic mass is 35.5. The summed E-state index contributed by atoms with van der Waals surface area (Å²) in [6, 6.07) is 15.9. The first-order chi connectivity index (χ1) is 12.6. The van der Waals surface area contributed by atoms with Gasteiger partial charge in [0.05, 0.1) is 5.69 Å². The molecule has 0 unspecified atom stereocenters. The molecule has 0 spiro atoms. The van der Waals surface area contributed by atoms with Crippen LogP contribution >= 0.6 is 23.4 Å². The lowest BCUT2D eigenvalue weighted by atomic mass is 10.2. The topological polar surface area (TPSA) is 34.9 Å². The Hall–Kier alpha value is -2.04. The summed E-state index contributed by atoms with van der Waals surface area (Å²) in [4.78, 5) is 17.2. The third kappa shape index (κ3) is 3.44. The highest BCUT2D eigenvalue weighted by Gasteiger charge is 2.22. The van der Waals surface area contributed by atoms with Crippen LogP contribution in [0, 0.1) is 6.92 Å². The quantitative estimate of drug-likeness (QED) is 0.471. The van der Waals surface area contributed by atoms with Gasteiger partial charge in [0.15, 0.2) is 0 Å². The Morgan fingerprint density at radius 3 is 2.73 bits per heavy atom. The number of aryl methyl sites for hydroxylation is 1. The number of thioether (sulfide) groups is 1. The molecule has 0 aliphatic heterocycles. The average molecular weight is 383 g/mol. The Bertz CT molecular complexity index is 1010. The average Bonchev–Trinajstić information content (AvgIpc) is 3.10. The van der Waals surface area contributed by atoms with Crippen molar-refractivity contribution in [2.24, 2.45) is 0 Å². The molecular weight excluding hydrogens is 364 g/mol. The normalized spacial score (nSPS) is 13.0. The second-order valence-electron chi connectivity index (χ2n) is 6.57. The molecule has 4 rings (SSSR count). The Balaban J connectivity index is 1.70. The lowest BCUT2D eigenvalue weighted by Crippen LogP contribution is -2.25.